The molecule has 3 aliphatic rings. The van der Waals surface area contributed by atoms with E-state index in [1.807, 2.05) is 42.3 Å². The molecular formula is C27H31F2N5O. The van der Waals surface area contributed by atoms with Crippen LogP contribution in [0.1, 0.15) is 36.6 Å². The number of fused-ring (bicyclic) bond motifs is 1. The summed E-state index contributed by atoms with van der Waals surface area (Å²) < 4.78 is 28.2. The number of hydrazine groups is 1. The van der Waals surface area contributed by atoms with Gasteiger partial charge in [0.15, 0.2) is 0 Å². The highest BCUT2D eigenvalue weighted by Gasteiger charge is 2.45. The fourth-order valence-electron chi connectivity index (χ4n) is 5.44. The molecule has 3 heterocycles. The van der Waals surface area contributed by atoms with Crippen LogP contribution in [0, 0.1) is 24.5 Å². The maximum Gasteiger partial charge on any atom is 0.251 e. The molecule has 2 aliphatic heterocycles. The summed E-state index contributed by atoms with van der Waals surface area (Å²) in [6.07, 6.45) is 9.43. The van der Waals surface area contributed by atoms with Crippen molar-refractivity contribution in [2.45, 2.75) is 50.9 Å². The van der Waals surface area contributed by atoms with Crippen molar-refractivity contribution in [1.29, 1.82) is 0 Å². The number of piperidine rings is 1. The molecule has 2 fully saturated rings. The minimum atomic E-state index is -0.533. The molecule has 4 atom stereocenters. The van der Waals surface area contributed by atoms with E-state index in [-0.39, 0.29) is 41.6 Å². The second-order valence-electron chi connectivity index (χ2n) is 9.94. The zero-order valence-electron chi connectivity index (χ0n) is 20.0. The van der Waals surface area contributed by atoms with E-state index in [1.165, 1.54) is 18.2 Å². The molecule has 2 saturated heterocycles. The lowest BCUT2D eigenvalue weighted by atomic mass is 9.75. The fraction of sp³-hybridized carbons (Fsp3) is 0.407. The van der Waals surface area contributed by atoms with Gasteiger partial charge in [0, 0.05) is 54.1 Å². The van der Waals surface area contributed by atoms with E-state index in [0.29, 0.717) is 12.1 Å². The Morgan fingerprint density at radius 3 is 2.86 bits per heavy atom. The minimum absolute atomic E-state index is 0.0435. The minimum Gasteiger partial charge on any atom is -0.348 e. The van der Waals surface area contributed by atoms with Crippen molar-refractivity contribution < 1.29 is 13.6 Å². The maximum atomic E-state index is 14.1. The summed E-state index contributed by atoms with van der Waals surface area (Å²) in [4.78, 5) is 19.5. The van der Waals surface area contributed by atoms with Crippen LogP contribution in [0.4, 0.5) is 8.78 Å². The van der Waals surface area contributed by atoms with Gasteiger partial charge in [0.2, 0.25) is 0 Å². The Morgan fingerprint density at radius 2 is 2.09 bits per heavy atom. The van der Waals surface area contributed by atoms with Crippen LogP contribution < -0.4 is 16.2 Å². The fourth-order valence-corrected chi connectivity index (χ4v) is 5.44. The number of aryl methyl sites for hydroxylation is 1. The Labute approximate surface area is 204 Å². The van der Waals surface area contributed by atoms with Gasteiger partial charge in [-0.2, -0.15) is 0 Å². The monoisotopic (exact) mass is 479 g/mol. The summed E-state index contributed by atoms with van der Waals surface area (Å²) >= 11 is 0. The van der Waals surface area contributed by atoms with Crippen molar-refractivity contribution in [3.05, 3.63) is 88.8 Å². The first-order valence-electron chi connectivity index (χ1n) is 12.2. The number of pyridine rings is 1. The highest BCUT2D eigenvalue weighted by Crippen LogP contribution is 2.39. The number of hydrogen-bond donors (Lipinski definition) is 3. The smallest absolute Gasteiger partial charge is 0.251 e. The highest BCUT2D eigenvalue weighted by molar-refractivity contribution is 5.96. The number of carbonyl (C=O) groups is 1. The molecule has 1 aromatic heterocycles. The van der Waals surface area contributed by atoms with Crippen LogP contribution in [0.2, 0.25) is 0 Å². The first-order valence-corrected chi connectivity index (χ1v) is 12.2. The number of hydrogen-bond acceptors (Lipinski definition) is 5. The Morgan fingerprint density at radius 1 is 1.29 bits per heavy atom. The predicted molar refractivity (Wildman–Crippen MR) is 130 cm³/mol. The first-order chi connectivity index (χ1) is 16.8. The van der Waals surface area contributed by atoms with Gasteiger partial charge in [0.05, 0.1) is 5.54 Å². The van der Waals surface area contributed by atoms with Gasteiger partial charge in [-0.1, -0.05) is 24.3 Å². The van der Waals surface area contributed by atoms with E-state index in [4.69, 9.17) is 0 Å². The van der Waals surface area contributed by atoms with Gasteiger partial charge in [-0.3, -0.25) is 14.7 Å². The standard InChI is InChI=1S/C27H31F2N5O/c1-17-13-19(10-11-30-17)27(2)22-14-18(8-9-25(22)32-33-27)26(35)31-20-5-4-12-34(15-20)16-21-23(28)6-3-7-24(21)29/h3,6-11,13-14,20,22,25,32-33H,4-5,12,15-16H2,1-2H3,(H,31,35). The quantitative estimate of drug-likeness (QED) is 0.614. The largest absolute Gasteiger partial charge is 0.348 e. The van der Waals surface area contributed by atoms with Gasteiger partial charge in [0.25, 0.3) is 5.91 Å². The molecule has 0 bridgehead atoms. The summed E-state index contributed by atoms with van der Waals surface area (Å²) in [7, 11) is 0. The van der Waals surface area contributed by atoms with Gasteiger partial charge < -0.3 is 5.32 Å². The number of halogens is 2. The summed E-state index contributed by atoms with van der Waals surface area (Å²) in [5, 5.41) is 3.15. The number of nitrogens with one attached hydrogen (secondary N) is 3. The molecule has 2 aromatic rings. The SMILES string of the molecule is Cc1cc(C2(C)NNC3C=CC(C(=O)NC4CCCN(Cc5c(F)cccc5F)C4)=CC32)ccn1. The molecule has 3 N–H and O–H groups in total. The molecule has 0 spiro atoms. The van der Waals surface area contributed by atoms with Crippen LogP contribution >= 0.6 is 0 Å². The third-order valence-electron chi connectivity index (χ3n) is 7.44. The lowest BCUT2D eigenvalue weighted by Gasteiger charge is -2.34. The third-order valence-corrected chi connectivity index (χ3v) is 7.44. The van der Waals surface area contributed by atoms with Crippen molar-refractivity contribution in [2.75, 3.05) is 13.1 Å². The Kier molecular flexibility index (Phi) is 6.53. The average Bonchev–Trinajstić information content (AvgIpc) is 3.19. The molecule has 35 heavy (non-hydrogen) atoms. The van der Waals surface area contributed by atoms with Crippen molar-refractivity contribution >= 4 is 5.91 Å². The second kappa shape index (κ2) is 9.60. The van der Waals surface area contributed by atoms with E-state index in [2.05, 4.69) is 34.1 Å². The van der Waals surface area contributed by atoms with E-state index in [9.17, 15) is 13.6 Å². The lowest BCUT2D eigenvalue weighted by molar-refractivity contribution is -0.118. The van der Waals surface area contributed by atoms with Crippen molar-refractivity contribution in [3.8, 4) is 0 Å². The normalized spacial score (nSPS) is 28.5. The molecular weight excluding hydrogens is 448 g/mol. The molecule has 4 unspecified atom stereocenters. The molecule has 184 valence electrons. The van der Waals surface area contributed by atoms with Gasteiger partial charge in [0.1, 0.15) is 11.6 Å². The lowest BCUT2D eigenvalue weighted by Crippen LogP contribution is -2.48. The number of carbonyl (C=O) groups excluding carboxylic acids is 1. The molecule has 1 aliphatic carbocycles. The topological polar surface area (TPSA) is 69.3 Å². The Hall–Kier alpha value is -2.94. The number of amides is 1. The average molecular weight is 480 g/mol. The van der Waals surface area contributed by atoms with Crippen LogP contribution in [-0.4, -0.2) is 41.0 Å². The number of benzene rings is 1. The van der Waals surface area contributed by atoms with Gasteiger partial charge in [-0.25, -0.2) is 19.6 Å². The van der Waals surface area contributed by atoms with Crippen molar-refractivity contribution in [1.82, 2.24) is 26.1 Å². The van der Waals surface area contributed by atoms with Crippen LogP contribution in [0.5, 0.6) is 0 Å². The summed E-state index contributed by atoms with van der Waals surface area (Å²) in [5.41, 5.74) is 9.14. The number of aromatic nitrogens is 1. The zero-order chi connectivity index (χ0) is 24.6. The van der Waals surface area contributed by atoms with Gasteiger partial charge in [-0.15, -0.1) is 0 Å². The third kappa shape index (κ3) is 4.78. The maximum absolute atomic E-state index is 14.1. The Balaban J connectivity index is 1.27. The summed E-state index contributed by atoms with van der Waals surface area (Å²) in [5.74, 6) is -1.14. The molecule has 1 amide bonds. The first kappa shape index (κ1) is 23.8. The predicted octanol–water partition coefficient (Wildman–Crippen LogP) is 3.25. The number of likely N-dealkylation sites (tertiary alicyclic amines) is 1. The van der Waals surface area contributed by atoms with Crippen LogP contribution in [0.3, 0.4) is 0 Å². The molecule has 5 rings (SSSR count). The van der Waals surface area contributed by atoms with E-state index >= 15 is 0 Å². The van der Waals surface area contributed by atoms with Crippen LogP contribution in [-0.2, 0) is 16.9 Å². The number of nitrogens with zero attached hydrogens (tertiary/aromatic N) is 2. The van der Waals surface area contributed by atoms with E-state index in [0.717, 1.165) is 30.6 Å². The van der Waals surface area contributed by atoms with Gasteiger partial charge in [-0.05, 0) is 63.1 Å². The highest BCUT2D eigenvalue weighted by atomic mass is 19.1. The van der Waals surface area contributed by atoms with Crippen molar-refractivity contribution in [3.63, 3.8) is 0 Å². The molecule has 0 radical (unpaired) electrons. The summed E-state index contributed by atoms with van der Waals surface area (Å²) in [6.45, 7) is 5.59. The number of rotatable bonds is 5. The second-order valence-corrected chi connectivity index (χ2v) is 9.94. The molecule has 1 aromatic carbocycles. The molecule has 8 heteroatoms. The van der Waals surface area contributed by atoms with Gasteiger partial charge >= 0.3 is 0 Å². The Bertz CT molecular complexity index is 1160. The molecule has 0 saturated carbocycles. The summed E-state index contributed by atoms with van der Waals surface area (Å²) in [6, 6.07) is 8.01. The van der Waals surface area contributed by atoms with Crippen LogP contribution in [0.15, 0.2) is 60.3 Å². The van der Waals surface area contributed by atoms with Crippen molar-refractivity contribution in [2.24, 2.45) is 5.92 Å². The zero-order valence-corrected chi connectivity index (χ0v) is 20.0. The van der Waals surface area contributed by atoms with Crippen LogP contribution in [0.25, 0.3) is 0 Å². The van der Waals surface area contributed by atoms with E-state index in [1.54, 1.807) is 0 Å². The van der Waals surface area contributed by atoms with E-state index < -0.39 is 11.6 Å². The molecule has 6 nitrogen and oxygen atoms in total.